The van der Waals surface area contributed by atoms with Gasteiger partial charge in [-0.1, -0.05) is 71.1 Å². The first-order valence-electron chi connectivity index (χ1n) is 13.7. The number of carbonyl (C=O) groups excluding carboxylic acids is 2. The van der Waals surface area contributed by atoms with E-state index < -0.39 is 28.5 Å². The normalized spacial score (nSPS) is 14.7. The van der Waals surface area contributed by atoms with Gasteiger partial charge in [0.05, 0.1) is 10.6 Å². The zero-order chi connectivity index (χ0) is 29.6. The molecule has 218 valence electrons. The van der Waals surface area contributed by atoms with Crippen LogP contribution < -0.4 is 9.62 Å². The predicted molar refractivity (Wildman–Crippen MR) is 166 cm³/mol. The molecule has 0 unspecified atom stereocenters. The van der Waals surface area contributed by atoms with Crippen LogP contribution in [0.2, 0.25) is 5.02 Å². The smallest absolute Gasteiger partial charge is 0.264 e. The number of carbonyl (C=O) groups is 2. The molecule has 0 radical (unpaired) electrons. The van der Waals surface area contributed by atoms with Gasteiger partial charge in [0, 0.05) is 22.1 Å². The summed E-state index contributed by atoms with van der Waals surface area (Å²) in [6.07, 6.45) is 5.12. The van der Waals surface area contributed by atoms with Gasteiger partial charge < -0.3 is 10.2 Å². The van der Waals surface area contributed by atoms with Gasteiger partial charge in [-0.15, -0.1) is 0 Å². The quantitative estimate of drug-likeness (QED) is 0.270. The minimum Gasteiger partial charge on any atom is -0.352 e. The van der Waals surface area contributed by atoms with Gasteiger partial charge in [0.1, 0.15) is 12.6 Å². The molecule has 0 aliphatic heterocycles. The van der Waals surface area contributed by atoms with Crippen molar-refractivity contribution in [1.29, 1.82) is 0 Å². The monoisotopic (exact) mass is 659 g/mol. The van der Waals surface area contributed by atoms with Gasteiger partial charge in [0.15, 0.2) is 0 Å². The molecule has 0 aromatic heterocycles. The van der Waals surface area contributed by atoms with Crippen molar-refractivity contribution in [2.24, 2.45) is 0 Å². The summed E-state index contributed by atoms with van der Waals surface area (Å²) in [6.45, 7) is 3.21. The minimum absolute atomic E-state index is 0.0119. The van der Waals surface area contributed by atoms with Crippen molar-refractivity contribution in [3.63, 3.8) is 0 Å². The van der Waals surface area contributed by atoms with E-state index in [-0.39, 0.29) is 23.4 Å². The number of rotatable bonds is 10. The van der Waals surface area contributed by atoms with E-state index in [0.717, 1.165) is 52.0 Å². The number of amides is 2. The summed E-state index contributed by atoms with van der Waals surface area (Å²) in [5, 5.41) is 3.52. The molecule has 0 bridgehead atoms. The lowest BCUT2D eigenvalue weighted by Gasteiger charge is -2.33. The maximum Gasteiger partial charge on any atom is 0.264 e. The second-order valence-corrected chi connectivity index (χ2v) is 13.7. The molecule has 0 saturated heterocycles. The van der Waals surface area contributed by atoms with Crippen LogP contribution in [0.5, 0.6) is 0 Å². The Bertz CT molecular complexity index is 1480. The SMILES string of the molecule is Cc1cccc(N(CC(=O)N(Cc2cccc(Br)c2)[C@H](C)C(=O)NC2CCCCC2)S(=O)(=O)c2ccc(Cl)cc2)c1. The lowest BCUT2D eigenvalue weighted by molar-refractivity contribution is -0.139. The van der Waals surface area contributed by atoms with E-state index in [2.05, 4.69) is 21.2 Å². The van der Waals surface area contributed by atoms with Gasteiger partial charge in [-0.3, -0.25) is 13.9 Å². The molecule has 1 saturated carbocycles. The number of benzene rings is 3. The third-order valence-corrected chi connectivity index (χ3v) is 9.86. The molecular formula is C31H35BrClN3O4S. The van der Waals surface area contributed by atoms with Crippen LogP contribution in [-0.4, -0.2) is 43.8 Å². The van der Waals surface area contributed by atoms with Crippen molar-refractivity contribution in [3.8, 4) is 0 Å². The van der Waals surface area contributed by atoms with Crippen molar-refractivity contribution in [2.45, 2.75) is 69.5 Å². The summed E-state index contributed by atoms with van der Waals surface area (Å²) in [5.74, 6) is -0.738. The summed E-state index contributed by atoms with van der Waals surface area (Å²) < 4.78 is 29.8. The van der Waals surface area contributed by atoms with E-state index in [1.807, 2.05) is 37.3 Å². The maximum atomic E-state index is 14.1. The molecule has 3 aromatic rings. The number of nitrogens with zero attached hydrogens (tertiary/aromatic N) is 2. The molecule has 1 N–H and O–H groups in total. The number of hydrogen-bond donors (Lipinski definition) is 1. The topological polar surface area (TPSA) is 86.8 Å². The molecule has 4 rings (SSSR count). The molecule has 1 aliphatic carbocycles. The highest BCUT2D eigenvalue weighted by Gasteiger charge is 2.33. The van der Waals surface area contributed by atoms with Crippen LogP contribution >= 0.6 is 27.5 Å². The third kappa shape index (κ3) is 8.11. The fourth-order valence-electron chi connectivity index (χ4n) is 5.03. The lowest BCUT2D eigenvalue weighted by atomic mass is 9.95. The Balaban J connectivity index is 1.68. The fraction of sp³-hybridized carbons (Fsp3) is 0.355. The van der Waals surface area contributed by atoms with Crippen LogP contribution in [0.4, 0.5) is 5.69 Å². The van der Waals surface area contributed by atoms with Gasteiger partial charge in [-0.05, 0) is 86.3 Å². The number of nitrogens with one attached hydrogen (secondary N) is 1. The Kier molecular flexibility index (Phi) is 10.5. The van der Waals surface area contributed by atoms with Crippen LogP contribution in [0.3, 0.4) is 0 Å². The first-order valence-corrected chi connectivity index (χ1v) is 16.3. The maximum absolute atomic E-state index is 14.1. The standard InChI is InChI=1S/C31H35BrClN3O4S/c1-22-8-6-13-28(18-22)36(41(39,40)29-16-14-26(33)15-17-29)21-30(37)35(20-24-9-7-10-25(32)19-24)23(2)31(38)34-27-11-4-3-5-12-27/h6-10,13-19,23,27H,3-5,11-12,20-21H2,1-2H3,(H,34,38)/t23-/m1/s1. The number of hydrogen-bond acceptors (Lipinski definition) is 4. The molecule has 1 atom stereocenters. The highest BCUT2D eigenvalue weighted by molar-refractivity contribution is 9.10. The Morgan fingerprint density at radius 3 is 2.34 bits per heavy atom. The van der Waals surface area contributed by atoms with Crippen LogP contribution in [0.25, 0.3) is 0 Å². The summed E-state index contributed by atoms with van der Waals surface area (Å²) in [6, 6.07) is 19.6. The van der Waals surface area contributed by atoms with E-state index in [9.17, 15) is 18.0 Å². The second kappa shape index (κ2) is 13.9. The molecule has 1 fully saturated rings. The van der Waals surface area contributed by atoms with Gasteiger partial charge in [-0.2, -0.15) is 0 Å². The summed E-state index contributed by atoms with van der Waals surface area (Å²) in [4.78, 5) is 29.0. The number of anilines is 1. The van der Waals surface area contributed by atoms with E-state index in [4.69, 9.17) is 11.6 Å². The van der Waals surface area contributed by atoms with Gasteiger partial charge in [-0.25, -0.2) is 8.42 Å². The molecule has 3 aromatic carbocycles. The van der Waals surface area contributed by atoms with Crippen molar-refractivity contribution in [2.75, 3.05) is 10.8 Å². The largest absolute Gasteiger partial charge is 0.352 e. The van der Waals surface area contributed by atoms with Crippen LogP contribution in [0, 0.1) is 6.92 Å². The molecule has 2 amide bonds. The molecule has 0 heterocycles. The fourth-order valence-corrected chi connectivity index (χ4v) is 7.01. The first-order chi connectivity index (χ1) is 19.5. The lowest BCUT2D eigenvalue weighted by Crippen LogP contribution is -2.53. The molecular weight excluding hydrogens is 626 g/mol. The van der Waals surface area contributed by atoms with E-state index in [1.165, 1.54) is 29.2 Å². The Morgan fingerprint density at radius 2 is 1.68 bits per heavy atom. The predicted octanol–water partition coefficient (Wildman–Crippen LogP) is 6.47. The van der Waals surface area contributed by atoms with Crippen molar-refractivity contribution in [3.05, 3.63) is 93.4 Å². The third-order valence-electron chi connectivity index (χ3n) is 7.33. The van der Waals surface area contributed by atoms with Crippen LogP contribution in [-0.2, 0) is 26.2 Å². The Labute approximate surface area is 256 Å². The molecule has 1 aliphatic rings. The second-order valence-electron chi connectivity index (χ2n) is 10.5. The first kappa shape index (κ1) is 31.1. The minimum atomic E-state index is -4.15. The van der Waals surface area contributed by atoms with Crippen molar-refractivity contribution in [1.82, 2.24) is 10.2 Å². The average Bonchev–Trinajstić information content (AvgIpc) is 2.95. The van der Waals surface area contributed by atoms with Crippen LogP contribution in [0.15, 0.2) is 82.2 Å². The summed E-state index contributed by atoms with van der Waals surface area (Å²) in [7, 11) is -4.15. The zero-order valence-electron chi connectivity index (χ0n) is 23.2. The number of aryl methyl sites for hydroxylation is 1. The van der Waals surface area contributed by atoms with Crippen molar-refractivity contribution >= 4 is 55.1 Å². The number of sulfonamides is 1. The zero-order valence-corrected chi connectivity index (χ0v) is 26.4. The van der Waals surface area contributed by atoms with Gasteiger partial charge >= 0.3 is 0 Å². The van der Waals surface area contributed by atoms with Gasteiger partial charge in [0.25, 0.3) is 10.0 Å². The Hall–Kier alpha value is -2.88. The van der Waals surface area contributed by atoms with E-state index >= 15 is 0 Å². The highest BCUT2D eigenvalue weighted by Crippen LogP contribution is 2.27. The highest BCUT2D eigenvalue weighted by atomic mass is 79.9. The molecule has 7 nitrogen and oxygen atoms in total. The molecule has 10 heteroatoms. The summed E-state index contributed by atoms with van der Waals surface area (Å²) in [5.41, 5.74) is 2.01. The molecule has 41 heavy (non-hydrogen) atoms. The average molecular weight is 661 g/mol. The van der Waals surface area contributed by atoms with E-state index in [1.54, 1.807) is 25.1 Å². The summed E-state index contributed by atoms with van der Waals surface area (Å²) >= 11 is 9.49. The van der Waals surface area contributed by atoms with Gasteiger partial charge in [0.2, 0.25) is 11.8 Å². The Morgan fingerprint density at radius 1 is 1.00 bits per heavy atom. The van der Waals surface area contributed by atoms with E-state index in [0.29, 0.717) is 10.7 Å². The number of halogens is 2. The van der Waals surface area contributed by atoms with Crippen LogP contribution in [0.1, 0.15) is 50.2 Å². The molecule has 0 spiro atoms. The van der Waals surface area contributed by atoms with Crippen molar-refractivity contribution < 1.29 is 18.0 Å².